The van der Waals surface area contributed by atoms with Crippen LogP contribution in [-0.4, -0.2) is 30.6 Å². The fourth-order valence-electron chi connectivity index (χ4n) is 2.86. The summed E-state index contributed by atoms with van der Waals surface area (Å²) >= 11 is 0. The molecule has 0 aromatic heterocycles. The second-order valence-corrected chi connectivity index (χ2v) is 5.78. The van der Waals surface area contributed by atoms with Crippen LogP contribution in [-0.2, 0) is 6.42 Å². The van der Waals surface area contributed by atoms with Crippen molar-refractivity contribution in [2.24, 2.45) is 11.7 Å². The second-order valence-electron chi connectivity index (χ2n) is 5.78. The second kappa shape index (κ2) is 6.35. The Balaban J connectivity index is 1.75. The first-order valence-electron chi connectivity index (χ1n) is 7.18. The lowest BCUT2D eigenvalue weighted by molar-refractivity contribution is 0.174. The van der Waals surface area contributed by atoms with Gasteiger partial charge < -0.3 is 10.6 Å². The van der Waals surface area contributed by atoms with Gasteiger partial charge >= 0.3 is 0 Å². The van der Waals surface area contributed by atoms with Crippen molar-refractivity contribution < 1.29 is 0 Å². The van der Waals surface area contributed by atoms with Gasteiger partial charge in [-0.25, -0.2) is 0 Å². The number of piperidine rings is 1. The molecule has 18 heavy (non-hydrogen) atoms. The van der Waals surface area contributed by atoms with Crippen LogP contribution in [0.15, 0.2) is 24.3 Å². The third kappa shape index (κ3) is 3.82. The van der Waals surface area contributed by atoms with Gasteiger partial charge in [0.15, 0.2) is 0 Å². The quantitative estimate of drug-likeness (QED) is 0.885. The van der Waals surface area contributed by atoms with E-state index in [0.29, 0.717) is 6.04 Å². The van der Waals surface area contributed by atoms with Crippen LogP contribution in [0.4, 0.5) is 0 Å². The summed E-state index contributed by atoms with van der Waals surface area (Å²) in [6.07, 6.45) is 3.71. The lowest BCUT2D eigenvalue weighted by Gasteiger charge is -2.33. The summed E-state index contributed by atoms with van der Waals surface area (Å²) in [5.74, 6) is 0.736. The van der Waals surface area contributed by atoms with Gasteiger partial charge in [0.2, 0.25) is 0 Å². The maximum Gasteiger partial charge on any atom is 0.00397 e. The van der Waals surface area contributed by atoms with E-state index in [4.69, 9.17) is 5.73 Å². The van der Waals surface area contributed by atoms with Crippen LogP contribution in [0.25, 0.3) is 0 Å². The van der Waals surface area contributed by atoms with Crippen molar-refractivity contribution in [1.82, 2.24) is 4.90 Å². The highest BCUT2D eigenvalue weighted by atomic mass is 15.1. The van der Waals surface area contributed by atoms with E-state index < -0.39 is 0 Å². The van der Waals surface area contributed by atoms with Gasteiger partial charge in [-0.15, -0.1) is 0 Å². The van der Waals surface area contributed by atoms with E-state index >= 15 is 0 Å². The Hall–Kier alpha value is -0.860. The number of benzene rings is 1. The fraction of sp³-hybridized carbons (Fsp3) is 0.625. The number of hydrogen-bond acceptors (Lipinski definition) is 2. The largest absolute Gasteiger partial charge is 0.328 e. The van der Waals surface area contributed by atoms with Crippen LogP contribution in [0.2, 0.25) is 0 Å². The Kier molecular flexibility index (Phi) is 4.79. The molecule has 1 aliphatic heterocycles. The van der Waals surface area contributed by atoms with Crippen LogP contribution < -0.4 is 5.73 Å². The average Bonchev–Trinajstić information content (AvgIpc) is 2.37. The molecule has 1 saturated heterocycles. The third-order valence-electron chi connectivity index (χ3n) is 4.17. The highest BCUT2D eigenvalue weighted by Crippen LogP contribution is 2.19. The van der Waals surface area contributed by atoms with Crippen molar-refractivity contribution in [3.8, 4) is 0 Å². The molecule has 0 saturated carbocycles. The molecule has 0 spiro atoms. The minimum absolute atomic E-state index is 0.365. The molecule has 100 valence electrons. The maximum atomic E-state index is 5.98. The highest BCUT2D eigenvalue weighted by molar-refractivity contribution is 5.22. The van der Waals surface area contributed by atoms with Crippen molar-refractivity contribution in [1.29, 1.82) is 0 Å². The molecule has 1 unspecified atom stereocenters. The van der Waals surface area contributed by atoms with Crippen molar-refractivity contribution in [3.05, 3.63) is 35.4 Å². The Labute approximate surface area is 111 Å². The minimum Gasteiger partial charge on any atom is -0.328 e. The van der Waals surface area contributed by atoms with Crippen LogP contribution in [0.3, 0.4) is 0 Å². The standard InChI is InChI=1S/C16H26N2/c1-13-4-3-5-15(12-13)6-9-18-10-7-16(8-11-18)14(2)17/h3-5,12,14,16H,6-11,17H2,1-2H3. The Bertz CT molecular complexity index is 365. The third-order valence-corrected chi connectivity index (χ3v) is 4.17. The SMILES string of the molecule is Cc1cccc(CCN2CCC(C(C)N)CC2)c1. The van der Waals surface area contributed by atoms with Crippen molar-refractivity contribution >= 4 is 0 Å². The molecule has 0 bridgehead atoms. The molecule has 1 aromatic rings. The summed E-state index contributed by atoms with van der Waals surface area (Å²) in [5.41, 5.74) is 8.80. The Morgan fingerprint density at radius 2 is 2.06 bits per heavy atom. The van der Waals surface area contributed by atoms with Crippen molar-refractivity contribution in [3.63, 3.8) is 0 Å². The zero-order valence-electron chi connectivity index (χ0n) is 11.7. The van der Waals surface area contributed by atoms with E-state index in [1.54, 1.807) is 0 Å². The zero-order valence-corrected chi connectivity index (χ0v) is 11.7. The molecule has 1 fully saturated rings. The molecule has 2 nitrogen and oxygen atoms in total. The molecule has 2 rings (SSSR count). The molecule has 1 atom stereocenters. The molecule has 1 aromatic carbocycles. The number of nitrogens with two attached hydrogens (primary N) is 1. The molecular weight excluding hydrogens is 220 g/mol. The van der Waals surface area contributed by atoms with Gasteiger partial charge in [-0.05, 0) is 57.7 Å². The van der Waals surface area contributed by atoms with E-state index in [0.717, 1.165) is 5.92 Å². The average molecular weight is 246 g/mol. The lowest BCUT2D eigenvalue weighted by Crippen LogP contribution is -2.40. The smallest absolute Gasteiger partial charge is 0.00397 e. The van der Waals surface area contributed by atoms with Crippen LogP contribution in [0, 0.1) is 12.8 Å². The van der Waals surface area contributed by atoms with E-state index in [2.05, 4.69) is 43.0 Å². The lowest BCUT2D eigenvalue weighted by atomic mass is 9.91. The van der Waals surface area contributed by atoms with Gasteiger partial charge in [0, 0.05) is 12.6 Å². The molecule has 2 heteroatoms. The number of rotatable bonds is 4. The topological polar surface area (TPSA) is 29.3 Å². The molecule has 1 heterocycles. The zero-order chi connectivity index (χ0) is 13.0. The van der Waals surface area contributed by atoms with Gasteiger partial charge in [0.1, 0.15) is 0 Å². The predicted molar refractivity (Wildman–Crippen MR) is 77.7 cm³/mol. The summed E-state index contributed by atoms with van der Waals surface area (Å²) in [7, 11) is 0. The summed E-state index contributed by atoms with van der Waals surface area (Å²) in [4.78, 5) is 2.58. The summed E-state index contributed by atoms with van der Waals surface area (Å²) in [5, 5.41) is 0. The summed E-state index contributed by atoms with van der Waals surface area (Å²) in [6.45, 7) is 7.94. The number of hydrogen-bond donors (Lipinski definition) is 1. The first-order valence-corrected chi connectivity index (χ1v) is 7.18. The van der Waals surface area contributed by atoms with E-state index in [1.165, 1.54) is 50.0 Å². The molecule has 2 N–H and O–H groups in total. The Morgan fingerprint density at radius 3 is 2.67 bits per heavy atom. The molecule has 0 aliphatic carbocycles. The van der Waals surface area contributed by atoms with Gasteiger partial charge in [-0.1, -0.05) is 29.8 Å². The van der Waals surface area contributed by atoms with E-state index in [9.17, 15) is 0 Å². The minimum atomic E-state index is 0.365. The number of nitrogens with zero attached hydrogens (tertiary/aromatic N) is 1. The first-order chi connectivity index (χ1) is 8.65. The molecule has 0 radical (unpaired) electrons. The first kappa shape index (κ1) is 13.6. The Morgan fingerprint density at radius 1 is 1.33 bits per heavy atom. The molecule has 1 aliphatic rings. The van der Waals surface area contributed by atoms with Gasteiger partial charge in [0.25, 0.3) is 0 Å². The van der Waals surface area contributed by atoms with Crippen molar-refractivity contribution in [2.75, 3.05) is 19.6 Å². The van der Waals surface area contributed by atoms with E-state index in [-0.39, 0.29) is 0 Å². The molecule has 0 amide bonds. The summed E-state index contributed by atoms with van der Waals surface area (Å²) < 4.78 is 0. The predicted octanol–water partition coefficient (Wildman–Crippen LogP) is 2.60. The van der Waals surface area contributed by atoms with Crippen LogP contribution in [0.5, 0.6) is 0 Å². The number of likely N-dealkylation sites (tertiary alicyclic amines) is 1. The summed E-state index contributed by atoms with van der Waals surface area (Å²) in [6, 6.07) is 9.23. The van der Waals surface area contributed by atoms with Crippen molar-refractivity contribution in [2.45, 2.75) is 39.2 Å². The van der Waals surface area contributed by atoms with Crippen LogP contribution >= 0.6 is 0 Å². The molecular formula is C16H26N2. The highest BCUT2D eigenvalue weighted by Gasteiger charge is 2.21. The van der Waals surface area contributed by atoms with Gasteiger partial charge in [-0.2, -0.15) is 0 Å². The van der Waals surface area contributed by atoms with Gasteiger partial charge in [0.05, 0.1) is 0 Å². The normalized spacial score (nSPS) is 19.9. The maximum absolute atomic E-state index is 5.98. The van der Waals surface area contributed by atoms with Crippen LogP contribution in [0.1, 0.15) is 30.9 Å². The monoisotopic (exact) mass is 246 g/mol. The van der Waals surface area contributed by atoms with E-state index in [1.807, 2.05) is 0 Å². The van der Waals surface area contributed by atoms with Gasteiger partial charge in [-0.3, -0.25) is 0 Å². The number of aryl methyl sites for hydroxylation is 1. The fourth-order valence-corrected chi connectivity index (χ4v) is 2.86.